The molecule has 8 nitrogen and oxygen atoms in total. The van der Waals surface area contributed by atoms with E-state index in [0.29, 0.717) is 35.0 Å². The Morgan fingerprint density at radius 1 is 1.14 bits per heavy atom. The van der Waals surface area contributed by atoms with Crippen LogP contribution in [0, 0.1) is 11.8 Å². The first kappa shape index (κ1) is 26.2. The Balaban J connectivity index is 1.82. The van der Waals surface area contributed by atoms with Crippen LogP contribution in [-0.2, 0) is 17.8 Å². The molecule has 4 rings (SSSR count). The molecule has 2 aromatic heterocycles. The third-order valence-electron chi connectivity index (χ3n) is 6.52. The molecule has 1 aliphatic rings. The molecule has 0 radical (unpaired) electrons. The van der Waals surface area contributed by atoms with Crippen molar-refractivity contribution in [3.05, 3.63) is 61.5 Å². The van der Waals surface area contributed by atoms with Gasteiger partial charge in [0.05, 0.1) is 12.6 Å². The fraction of sp³-hybridized carbons (Fsp3) is 0.519. The van der Waals surface area contributed by atoms with E-state index in [9.17, 15) is 14.7 Å². The van der Waals surface area contributed by atoms with Gasteiger partial charge in [0.1, 0.15) is 6.61 Å². The Kier molecular flexibility index (Phi) is 8.68. The first-order valence-corrected chi connectivity index (χ1v) is 13.0. The van der Waals surface area contributed by atoms with Crippen LogP contribution in [0.1, 0.15) is 69.8 Å². The Labute approximate surface area is 215 Å². The zero-order valence-electron chi connectivity index (χ0n) is 20.9. The molecule has 1 aromatic carbocycles. The van der Waals surface area contributed by atoms with Gasteiger partial charge < -0.3 is 14.4 Å². The summed E-state index contributed by atoms with van der Waals surface area (Å²) >= 11 is 6.07. The second-order valence-electron chi connectivity index (χ2n) is 9.47. The molecular formula is C27H33ClN4O4. The first-order valence-electron chi connectivity index (χ1n) is 12.6. The van der Waals surface area contributed by atoms with E-state index in [-0.39, 0.29) is 31.9 Å². The number of nitrogens with zero attached hydrogens (tertiary/aromatic N) is 4. The third-order valence-corrected chi connectivity index (χ3v) is 6.77. The van der Waals surface area contributed by atoms with Crippen LogP contribution < -0.4 is 11.2 Å². The lowest BCUT2D eigenvalue weighted by molar-refractivity contribution is 0.0497. The topological polar surface area (TPSA) is 91.3 Å². The number of ether oxygens (including phenoxy) is 1. The molecule has 1 N–H and O–H groups in total. The van der Waals surface area contributed by atoms with E-state index >= 15 is 0 Å². The normalized spacial score (nSPS) is 14.4. The number of benzene rings is 1. The maximum absolute atomic E-state index is 13.6. The Bertz CT molecular complexity index is 1370. The van der Waals surface area contributed by atoms with E-state index in [1.807, 2.05) is 26.0 Å². The average Bonchev–Trinajstić information content (AvgIpc) is 3.21. The molecule has 0 amide bonds. The fourth-order valence-corrected chi connectivity index (χ4v) is 4.80. The van der Waals surface area contributed by atoms with Crippen molar-refractivity contribution in [3.63, 3.8) is 0 Å². The van der Waals surface area contributed by atoms with Crippen LogP contribution >= 0.6 is 11.6 Å². The number of rotatable bonds is 8. The second-order valence-corrected chi connectivity index (χ2v) is 9.91. The molecule has 1 saturated carbocycles. The smallest absolute Gasteiger partial charge is 0.332 e. The molecule has 0 aliphatic heterocycles. The number of halogens is 1. The van der Waals surface area contributed by atoms with E-state index in [0.717, 1.165) is 18.4 Å². The molecule has 0 unspecified atom stereocenters. The van der Waals surface area contributed by atoms with Gasteiger partial charge in [0, 0.05) is 24.2 Å². The predicted molar refractivity (Wildman–Crippen MR) is 141 cm³/mol. The van der Waals surface area contributed by atoms with Crippen LogP contribution in [-0.4, -0.2) is 43.1 Å². The summed E-state index contributed by atoms with van der Waals surface area (Å²) in [6, 6.07) is 7.14. The van der Waals surface area contributed by atoms with E-state index < -0.39 is 11.2 Å². The number of fused-ring (bicyclic) bond motifs is 1. The Morgan fingerprint density at radius 3 is 2.53 bits per heavy atom. The summed E-state index contributed by atoms with van der Waals surface area (Å²) in [7, 11) is 0. The van der Waals surface area contributed by atoms with Gasteiger partial charge >= 0.3 is 5.69 Å². The Morgan fingerprint density at radius 2 is 1.86 bits per heavy atom. The lowest BCUT2D eigenvalue weighted by Gasteiger charge is -2.20. The lowest BCUT2D eigenvalue weighted by Crippen LogP contribution is -2.41. The van der Waals surface area contributed by atoms with Crippen LogP contribution in [0.2, 0.25) is 5.02 Å². The maximum atomic E-state index is 13.6. The van der Waals surface area contributed by atoms with E-state index in [4.69, 9.17) is 16.3 Å². The molecule has 3 aromatic rings. The van der Waals surface area contributed by atoms with Crippen molar-refractivity contribution in [1.29, 1.82) is 0 Å². The SMILES string of the molecule is CC(C)n1c(=O)n(CCCO)c(=O)c2c1nc(C#CCOC1CCCCC1)n2Cc1ccc(Cl)cc1. The molecule has 1 fully saturated rings. The molecule has 0 bridgehead atoms. The summed E-state index contributed by atoms with van der Waals surface area (Å²) in [5.41, 5.74) is 0.671. The molecule has 192 valence electrons. The highest BCUT2D eigenvalue weighted by Gasteiger charge is 2.22. The summed E-state index contributed by atoms with van der Waals surface area (Å²) in [4.78, 5) is 31.5. The van der Waals surface area contributed by atoms with Crippen molar-refractivity contribution in [2.45, 2.75) is 77.6 Å². The van der Waals surface area contributed by atoms with Gasteiger partial charge in [-0.25, -0.2) is 9.78 Å². The fourth-order valence-electron chi connectivity index (χ4n) is 4.67. The van der Waals surface area contributed by atoms with Crippen LogP contribution in [0.4, 0.5) is 0 Å². The summed E-state index contributed by atoms with van der Waals surface area (Å²) in [5.74, 6) is 6.57. The van der Waals surface area contributed by atoms with Gasteiger partial charge in [0.15, 0.2) is 17.0 Å². The number of aliphatic hydroxyl groups is 1. The lowest BCUT2D eigenvalue weighted by atomic mass is 9.98. The summed E-state index contributed by atoms with van der Waals surface area (Å²) < 4.78 is 10.4. The highest BCUT2D eigenvalue weighted by atomic mass is 35.5. The quantitative estimate of drug-likeness (QED) is 0.464. The number of imidazole rings is 1. The summed E-state index contributed by atoms with van der Waals surface area (Å²) in [5, 5.41) is 9.93. The van der Waals surface area contributed by atoms with Gasteiger partial charge in [0.2, 0.25) is 0 Å². The molecule has 1 aliphatic carbocycles. The highest BCUT2D eigenvalue weighted by molar-refractivity contribution is 6.30. The monoisotopic (exact) mass is 512 g/mol. The first-order chi connectivity index (χ1) is 17.4. The van der Waals surface area contributed by atoms with Crippen LogP contribution in [0.3, 0.4) is 0 Å². The van der Waals surface area contributed by atoms with Gasteiger partial charge in [-0.15, -0.1) is 0 Å². The molecule has 0 spiro atoms. The van der Waals surface area contributed by atoms with Gasteiger partial charge in [0.25, 0.3) is 5.56 Å². The molecule has 0 saturated heterocycles. The van der Waals surface area contributed by atoms with Gasteiger partial charge in [-0.05, 0) is 56.7 Å². The molecule has 0 atom stereocenters. The largest absolute Gasteiger partial charge is 0.396 e. The summed E-state index contributed by atoms with van der Waals surface area (Å²) in [6.07, 6.45) is 6.29. The number of aliphatic hydroxyl groups excluding tert-OH is 1. The second kappa shape index (κ2) is 11.9. The van der Waals surface area contributed by atoms with Crippen molar-refractivity contribution in [1.82, 2.24) is 18.7 Å². The van der Waals surface area contributed by atoms with E-state index in [1.165, 1.54) is 28.4 Å². The van der Waals surface area contributed by atoms with Crippen molar-refractivity contribution in [2.24, 2.45) is 0 Å². The molecule has 2 heterocycles. The highest BCUT2D eigenvalue weighted by Crippen LogP contribution is 2.20. The molecular weight excluding hydrogens is 480 g/mol. The third kappa shape index (κ3) is 5.75. The van der Waals surface area contributed by atoms with E-state index in [1.54, 1.807) is 16.7 Å². The van der Waals surface area contributed by atoms with Crippen LogP contribution in [0.25, 0.3) is 11.2 Å². The van der Waals surface area contributed by atoms with Gasteiger partial charge in [-0.1, -0.05) is 48.9 Å². The van der Waals surface area contributed by atoms with E-state index in [2.05, 4.69) is 16.8 Å². The van der Waals surface area contributed by atoms with Crippen molar-refractivity contribution < 1.29 is 9.84 Å². The van der Waals surface area contributed by atoms with Crippen molar-refractivity contribution in [3.8, 4) is 11.8 Å². The number of aromatic nitrogens is 4. The average molecular weight is 513 g/mol. The van der Waals surface area contributed by atoms with Gasteiger partial charge in [-0.2, -0.15) is 0 Å². The van der Waals surface area contributed by atoms with Crippen LogP contribution in [0.15, 0.2) is 33.9 Å². The molecule has 9 heteroatoms. The number of hydrogen-bond acceptors (Lipinski definition) is 5. The maximum Gasteiger partial charge on any atom is 0.332 e. The van der Waals surface area contributed by atoms with Crippen LogP contribution in [0.5, 0.6) is 0 Å². The minimum Gasteiger partial charge on any atom is -0.396 e. The van der Waals surface area contributed by atoms with Gasteiger partial charge in [-0.3, -0.25) is 13.9 Å². The standard InChI is InChI=1S/C27H33ClN4O4/c1-19(2)32-25-24(26(34)30(27(32)35)15-7-16-33)31(18-20-11-13-21(28)14-12-20)23(29-25)10-6-17-36-22-8-4-3-5-9-22/h11-14,19,22,33H,3-5,7-9,15-18H2,1-2H3. The van der Waals surface area contributed by atoms with Crippen molar-refractivity contribution >= 4 is 22.8 Å². The predicted octanol–water partition coefficient (Wildman–Crippen LogP) is 3.73. The number of hydrogen-bond donors (Lipinski definition) is 1. The molecule has 36 heavy (non-hydrogen) atoms. The zero-order chi connectivity index (χ0) is 25.7. The minimum atomic E-state index is -0.438. The summed E-state index contributed by atoms with van der Waals surface area (Å²) in [6.45, 7) is 4.39. The minimum absolute atomic E-state index is 0.118. The Hall–Kier alpha value is -2.86. The zero-order valence-corrected chi connectivity index (χ0v) is 21.6. The van der Waals surface area contributed by atoms with Crippen molar-refractivity contribution in [2.75, 3.05) is 13.2 Å².